The number of nitrogens with one attached hydrogen (secondary N) is 3. The van der Waals surface area contributed by atoms with Crippen LogP contribution in [0.5, 0.6) is 0 Å². The Kier molecular flexibility index (Phi) is 7.13. The predicted molar refractivity (Wildman–Crippen MR) is 122 cm³/mol. The van der Waals surface area contributed by atoms with Crippen LogP contribution in [-0.4, -0.2) is 23.5 Å². The number of aryl methyl sites for hydroxylation is 1. The van der Waals surface area contributed by atoms with Crippen LogP contribution in [0.1, 0.15) is 38.8 Å². The third-order valence-corrected chi connectivity index (χ3v) is 4.67. The molecule has 32 heavy (non-hydrogen) atoms. The molecule has 0 heterocycles. The van der Waals surface area contributed by atoms with Crippen molar-refractivity contribution in [2.45, 2.75) is 20.4 Å². The standard InChI is InChI=1S/C25H23N3O4/c1-16-7-9-18(10-8-16)15-26-24(31)19-11-13-20(14-12-19)28-25(32)23(30)21-5-3-4-6-22(21)27-17(2)29/h3-14H,15H2,1-2H3,(H,26,31)(H,27,29)(H,28,32). The van der Waals surface area contributed by atoms with Crippen LogP contribution in [0.3, 0.4) is 0 Å². The normalized spacial score (nSPS) is 10.2. The Balaban J connectivity index is 1.61. The molecule has 0 bridgehead atoms. The second kappa shape index (κ2) is 10.2. The molecule has 0 fully saturated rings. The number of rotatable bonds is 7. The first-order valence-electron chi connectivity index (χ1n) is 9.99. The zero-order valence-electron chi connectivity index (χ0n) is 17.8. The van der Waals surface area contributed by atoms with E-state index in [0.717, 1.165) is 11.1 Å². The van der Waals surface area contributed by atoms with Gasteiger partial charge < -0.3 is 16.0 Å². The average Bonchev–Trinajstić information content (AvgIpc) is 2.78. The molecule has 7 heteroatoms. The molecule has 0 radical (unpaired) electrons. The predicted octanol–water partition coefficient (Wildman–Crippen LogP) is 3.70. The smallest absolute Gasteiger partial charge is 0.296 e. The number of benzene rings is 3. The van der Waals surface area contributed by atoms with E-state index in [4.69, 9.17) is 0 Å². The lowest BCUT2D eigenvalue weighted by molar-refractivity contribution is -0.114. The van der Waals surface area contributed by atoms with E-state index in [1.807, 2.05) is 31.2 Å². The van der Waals surface area contributed by atoms with Crippen LogP contribution in [0, 0.1) is 6.92 Å². The van der Waals surface area contributed by atoms with Gasteiger partial charge in [-0.25, -0.2) is 0 Å². The van der Waals surface area contributed by atoms with Crippen molar-refractivity contribution < 1.29 is 19.2 Å². The van der Waals surface area contributed by atoms with E-state index in [-0.39, 0.29) is 23.1 Å². The third kappa shape index (κ3) is 5.89. The summed E-state index contributed by atoms with van der Waals surface area (Å²) in [5.41, 5.74) is 3.29. The van der Waals surface area contributed by atoms with Gasteiger partial charge in [-0.2, -0.15) is 0 Å². The number of hydrogen-bond donors (Lipinski definition) is 3. The Labute approximate surface area is 185 Å². The van der Waals surface area contributed by atoms with Gasteiger partial charge >= 0.3 is 0 Å². The summed E-state index contributed by atoms with van der Waals surface area (Å²) in [6, 6.07) is 20.4. The van der Waals surface area contributed by atoms with Crippen molar-refractivity contribution in [1.82, 2.24) is 5.32 Å². The number of anilines is 2. The van der Waals surface area contributed by atoms with Gasteiger partial charge in [0.2, 0.25) is 5.91 Å². The van der Waals surface area contributed by atoms with Crippen molar-refractivity contribution in [1.29, 1.82) is 0 Å². The molecule has 3 aromatic carbocycles. The zero-order chi connectivity index (χ0) is 23.1. The van der Waals surface area contributed by atoms with Crippen LogP contribution in [0.4, 0.5) is 11.4 Å². The van der Waals surface area contributed by atoms with Gasteiger partial charge in [-0.3, -0.25) is 19.2 Å². The van der Waals surface area contributed by atoms with E-state index in [9.17, 15) is 19.2 Å². The topological polar surface area (TPSA) is 104 Å². The fourth-order valence-electron chi connectivity index (χ4n) is 2.99. The molecule has 0 spiro atoms. The number of hydrogen-bond acceptors (Lipinski definition) is 4. The molecular formula is C25H23N3O4. The molecule has 0 unspecified atom stereocenters. The summed E-state index contributed by atoms with van der Waals surface area (Å²) in [6.45, 7) is 3.72. The molecule has 3 N–H and O–H groups in total. The van der Waals surface area contributed by atoms with Crippen LogP contribution < -0.4 is 16.0 Å². The Morgan fingerprint density at radius 3 is 2.09 bits per heavy atom. The van der Waals surface area contributed by atoms with Gasteiger partial charge in [0.05, 0.1) is 11.3 Å². The minimum atomic E-state index is -0.848. The minimum absolute atomic E-state index is 0.0901. The van der Waals surface area contributed by atoms with Crippen molar-refractivity contribution in [3.05, 3.63) is 95.1 Å². The number of carbonyl (C=O) groups is 4. The minimum Gasteiger partial charge on any atom is -0.348 e. The molecule has 0 aromatic heterocycles. The molecule has 3 aromatic rings. The van der Waals surface area contributed by atoms with Crippen molar-refractivity contribution in [3.8, 4) is 0 Å². The highest BCUT2D eigenvalue weighted by Gasteiger charge is 2.20. The molecule has 0 atom stereocenters. The number of para-hydroxylation sites is 1. The Morgan fingerprint density at radius 2 is 1.44 bits per heavy atom. The summed E-state index contributed by atoms with van der Waals surface area (Å²) >= 11 is 0. The summed E-state index contributed by atoms with van der Waals surface area (Å²) in [4.78, 5) is 48.6. The molecule has 0 aliphatic rings. The lowest BCUT2D eigenvalue weighted by Gasteiger charge is -2.10. The number of carbonyl (C=O) groups excluding carboxylic acids is 4. The van der Waals surface area contributed by atoms with Gasteiger partial charge in [-0.1, -0.05) is 42.0 Å². The number of ketones is 1. The summed E-state index contributed by atoms with van der Waals surface area (Å²) < 4.78 is 0. The Hall–Kier alpha value is -4.26. The fourth-order valence-corrected chi connectivity index (χ4v) is 2.99. The number of amides is 3. The maximum Gasteiger partial charge on any atom is 0.296 e. The van der Waals surface area contributed by atoms with Crippen LogP contribution in [0.25, 0.3) is 0 Å². The van der Waals surface area contributed by atoms with Crippen LogP contribution in [0.2, 0.25) is 0 Å². The molecule has 0 saturated carbocycles. The highest BCUT2D eigenvalue weighted by molar-refractivity contribution is 6.47. The van der Waals surface area contributed by atoms with Crippen LogP contribution >= 0.6 is 0 Å². The first-order valence-corrected chi connectivity index (χ1v) is 9.99. The summed E-state index contributed by atoms with van der Waals surface area (Å²) in [7, 11) is 0. The monoisotopic (exact) mass is 429 g/mol. The second-order valence-corrected chi connectivity index (χ2v) is 7.26. The Morgan fingerprint density at radius 1 is 0.781 bits per heavy atom. The first kappa shape index (κ1) is 22.4. The van der Waals surface area contributed by atoms with E-state index >= 15 is 0 Å². The Bertz CT molecular complexity index is 1150. The van der Waals surface area contributed by atoms with E-state index in [1.54, 1.807) is 42.5 Å². The van der Waals surface area contributed by atoms with E-state index in [0.29, 0.717) is 17.8 Å². The highest BCUT2D eigenvalue weighted by atomic mass is 16.2. The van der Waals surface area contributed by atoms with Crippen molar-refractivity contribution in [3.63, 3.8) is 0 Å². The van der Waals surface area contributed by atoms with E-state index in [1.165, 1.54) is 13.0 Å². The fraction of sp³-hybridized carbons (Fsp3) is 0.120. The second-order valence-electron chi connectivity index (χ2n) is 7.26. The van der Waals surface area contributed by atoms with Crippen molar-refractivity contribution in [2.75, 3.05) is 10.6 Å². The van der Waals surface area contributed by atoms with Gasteiger partial charge in [0.15, 0.2) is 0 Å². The maximum absolute atomic E-state index is 12.5. The maximum atomic E-state index is 12.5. The molecule has 7 nitrogen and oxygen atoms in total. The highest BCUT2D eigenvalue weighted by Crippen LogP contribution is 2.17. The molecule has 0 aliphatic heterocycles. The van der Waals surface area contributed by atoms with Gasteiger partial charge in [-0.15, -0.1) is 0 Å². The lowest BCUT2D eigenvalue weighted by Crippen LogP contribution is -2.25. The molecule has 0 aliphatic carbocycles. The quantitative estimate of drug-likeness (QED) is 0.393. The number of Topliss-reactive ketones (excluding diaryl/α,β-unsaturated/α-hetero) is 1. The van der Waals surface area contributed by atoms with Crippen LogP contribution in [0.15, 0.2) is 72.8 Å². The van der Waals surface area contributed by atoms with Crippen LogP contribution in [-0.2, 0) is 16.1 Å². The van der Waals surface area contributed by atoms with Gasteiger partial charge in [0.25, 0.3) is 17.6 Å². The SMILES string of the molecule is CC(=O)Nc1ccccc1C(=O)C(=O)Nc1ccc(C(=O)NCc2ccc(C)cc2)cc1. The largest absolute Gasteiger partial charge is 0.348 e. The van der Waals surface area contributed by atoms with Gasteiger partial charge in [0, 0.05) is 24.7 Å². The first-order chi connectivity index (χ1) is 15.3. The summed E-state index contributed by atoms with van der Waals surface area (Å²) in [5.74, 6) is -2.22. The lowest BCUT2D eigenvalue weighted by atomic mass is 10.1. The van der Waals surface area contributed by atoms with E-state index < -0.39 is 11.7 Å². The van der Waals surface area contributed by atoms with Gasteiger partial charge in [-0.05, 0) is 48.9 Å². The molecular weight excluding hydrogens is 406 g/mol. The van der Waals surface area contributed by atoms with Gasteiger partial charge in [0.1, 0.15) is 0 Å². The summed E-state index contributed by atoms with van der Waals surface area (Å²) in [6.07, 6.45) is 0. The average molecular weight is 429 g/mol. The molecule has 0 saturated heterocycles. The van der Waals surface area contributed by atoms with E-state index in [2.05, 4.69) is 16.0 Å². The molecule has 3 rings (SSSR count). The molecule has 3 amide bonds. The van der Waals surface area contributed by atoms with Crippen molar-refractivity contribution >= 4 is 34.9 Å². The third-order valence-electron chi connectivity index (χ3n) is 4.67. The van der Waals surface area contributed by atoms with Crippen molar-refractivity contribution in [2.24, 2.45) is 0 Å². The molecule has 162 valence electrons. The zero-order valence-corrected chi connectivity index (χ0v) is 17.8. The summed E-state index contributed by atoms with van der Waals surface area (Å²) in [5, 5.41) is 7.89.